The molecule has 0 aliphatic heterocycles. The van der Waals surface area contributed by atoms with Crippen LogP contribution in [0.3, 0.4) is 0 Å². The van der Waals surface area contributed by atoms with Crippen LogP contribution in [0, 0.1) is 5.82 Å². The van der Waals surface area contributed by atoms with E-state index in [9.17, 15) is 14.3 Å². The molecule has 0 fully saturated rings. The highest BCUT2D eigenvalue weighted by molar-refractivity contribution is 9.08. The van der Waals surface area contributed by atoms with E-state index >= 15 is 0 Å². The Morgan fingerprint density at radius 3 is 2.79 bits per heavy atom. The van der Waals surface area contributed by atoms with Gasteiger partial charge in [0.05, 0.1) is 5.56 Å². The Hall–Kier alpha value is -1.88. The number of nitrogens with one attached hydrogen (secondary N) is 1. The molecule has 0 saturated carbocycles. The van der Waals surface area contributed by atoms with Crippen molar-refractivity contribution in [3.8, 4) is 5.75 Å². The molecule has 0 atom stereocenters. The largest absolute Gasteiger partial charge is 0.507 e. The van der Waals surface area contributed by atoms with E-state index in [0.29, 0.717) is 11.0 Å². The van der Waals surface area contributed by atoms with E-state index in [1.807, 2.05) is 6.07 Å². The van der Waals surface area contributed by atoms with Crippen molar-refractivity contribution >= 4 is 27.5 Å². The molecule has 98 valence electrons. The molecule has 0 radical (unpaired) electrons. The standard InChI is InChI=1S/C14H11BrFNO2/c15-8-9-2-1-3-11(6-9)17-14(19)12-7-10(16)4-5-13(12)18/h1-7,18H,8H2,(H,17,19). The Morgan fingerprint density at radius 1 is 1.26 bits per heavy atom. The number of rotatable bonds is 3. The first-order chi connectivity index (χ1) is 9.10. The lowest BCUT2D eigenvalue weighted by atomic mass is 10.1. The number of phenols is 1. The first kappa shape index (κ1) is 13.5. The second-order valence-electron chi connectivity index (χ2n) is 3.95. The molecule has 3 nitrogen and oxygen atoms in total. The fourth-order valence-corrected chi connectivity index (χ4v) is 1.97. The van der Waals surface area contributed by atoms with Gasteiger partial charge in [-0.25, -0.2) is 4.39 Å². The van der Waals surface area contributed by atoms with Gasteiger partial charge in [-0.3, -0.25) is 4.79 Å². The van der Waals surface area contributed by atoms with Crippen LogP contribution >= 0.6 is 15.9 Å². The average molecular weight is 324 g/mol. The van der Waals surface area contributed by atoms with Gasteiger partial charge in [0.15, 0.2) is 0 Å². The van der Waals surface area contributed by atoms with Gasteiger partial charge in [0.25, 0.3) is 5.91 Å². The Kier molecular flexibility index (Phi) is 4.16. The smallest absolute Gasteiger partial charge is 0.259 e. The van der Waals surface area contributed by atoms with Gasteiger partial charge >= 0.3 is 0 Å². The third kappa shape index (κ3) is 3.32. The van der Waals surface area contributed by atoms with E-state index < -0.39 is 11.7 Å². The zero-order valence-electron chi connectivity index (χ0n) is 9.86. The number of aromatic hydroxyl groups is 1. The summed E-state index contributed by atoms with van der Waals surface area (Å²) in [4.78, 5) is 11.9. The molecule has 0 heterocycles. The third-order valence-corrected chi connectivity index (χ3v) is 3.19. The first-order valence-corrected chi connectivity index (χ1v) is 6.67. The molecule has 0 saturated heterocycles. The van der Waals surface area contributed by atoms with Gasteiger partial charge in [-0.1, -0.05) is 28.1 Å². The highest BCUT2D eigenvalue weighted by atomic mass is 79.9. The quantitative estimate of drug-likeness (QED) is 0.846. The molecule has 1 amide bonds. The molecular formula is C14H11BrFNO2. The van der Waals surface area contributed by atoms with Gasteiger partial charge in [0, 0.05) is 11.0 Å². The lowest BCUT2D eigenvalue weighted by molar-refractivity contribution is 0.102. The van der Waals surface area contributed by atoms with Gasteiger partial charge in [-0.05, 0) is 35.9 Å². The molecule has 2 N–H and O–H groups in total. The van der Waals surface area contributed by atoms with E-state index in [4.69, 9.17) is 0 Å². The molecule has 0 aliphatic rings. The van der Waals surface area contributed by atoms with Gasteiger partial charge in [0.1, 0.15) is 11.6 Å². The summed E-state index contributed by atoms with van der Waals surface area (Å²) in [6.45, 7) is 0. The molecule has 0 aromatic heterocycles. The van der Waals surface area contributed by atoms with Crippen molar-refractivity contribution in [2.75, 3.05) is 5.32 Å². The van der Waals surface area contributed by atoms with E-state index in [0.717, 1.165) is 23.8 Å². The number of benzene rings is 2. The van der Waals surface area contributed by atoms with Crippen LogP contribution in [0.15, 0.2) is 42.5 Å². The normalized spacial score (nSPS) is 10.2. The fraction of sp³-hybridized carbons (Fsp3) is 0.0714. The second kappa shape index (κ2) is 5.84. The molecule has 2 rings (SSSR count). The summed E-state index contributed by atoms with van der Waals surface area (Å²) in [5, 5.41) is 12.8. The van der Waals surface area contributed by atoms with Crippen LogP contribution in [0.25, 0.3) is 0 Å². The van der Waals surface area contributed by atoms with Crippen LogP contribution < -0.4 is 5.32 Å². The van der Waals surface area contributed by atoms with Crippen LogP contribution in [0.4, 0.5) is 10.1 Å². The predicted octanol–water partition coefficient (Wildman–Crippen LogP) is 3.68. The summed E-state index contributed by atoms with van der Waals surface area (Å²) in [6.07, 6.45) is 0. The number of phenolic OH excluding ortho intramolecular Hbond substituents is 1. The number of hydrogen-bond acceptors (Lipinski definition) is 2. The second-order valence-corrected chi connectivity index (χ2v) is 4.51. The molecule has 2 aromatic carbocycles. The maximum Gasteiger partial charge on any atom is 0.259 e. The van der Waals surface area contributed by atoms with E-state index in [1.165, 1.54) is 0 Å². The van der Waals surface area contributed by atoms with Crippen LogP contribution in [-0.2, 0) is 5.33 Å². The third-order valence-electron chi connectivity index (χ3n) is 2.54. The van der Waals surface area contributed by atoms with Crippen molar-refractivity contribution < 1.29 is 14.3 Å². The molecule has 19 heavy (non-hydrogen) atoms. The van der Waals surface area contributed by atoms with Gasteiger partial charge < -0.3 is 10.4 Å². The minimum absolute atomic E-state index is 0.0933. The van der Waals surface area contributed by atoms with E-state index in [2.05, 4.69) is 21.2 Å². The SMILES string of the molecule is O=C(Nc1cccc(CBr)c1)c1cc(F)ccc1O. The van der Waals surface area contributed by atoms with Gasteiger partial charge in [0.2, 0.25) is 0 Å². The highest BCUT2D eigenvalue weighted by Gasteiger charge is 2.12. The molecule has 5 heteroatoms. The number of halogens is 2. The molecule has 0 unspecified atom stereocenters. The summed E-state index contributed by atoms with van der Waals surface area (Å²) in [5.74, 6) is -1.38. The summed E-state index contributed by atoms with van der Waals surface area (Å²) < 4.78 is 13.1. The summed E-state index contributed by atoms with van der Waals surface area (Å²) in [5.41, 5.74) is 1.50. The number of anilines is 1. The zero-order chi connectivity index (χ0) is 13.8. The van der Waals surface area contributed by atoms with Crippen molar-refractivity contribution in [1.82, 2.24) is 0 Å². The van der Waals surface area contributed by atoms with Crippen molar-refractivity contribution in [2.45, 2.75) is 5.33 Å². The zero-order valence-corrected chi connectivity index (χ0v) is 11.4. The van der Waals surface area contributed by atoms with Crippen LogP contribution in [0.5, 0.6) is 5.75 Å². The van der Waals surface area contributed by atoms with Crippen molar-refractivity contribution in [2.24, 2.45) is 0 Å². The van der Waals surface area contributed by atoms with Crippen LogP contribution in [0.2, 0.25) is 0 Å². The number of amides is 1. The van der Waals surface area contributed by atoms with E-state index in [-0.39, 0.29) is 11.3 Å². The Labute approximate surface area is 118 Å². The predicted molar refractivity (Wildman–Crippen MR) is 75.1 cm³/mol. The molecule has 0 spiro atoms. The van der Waals surface area contributed by atoms with Crippen molar-refractivity contribution in [3.05, 3.63) is 59.4 Å². The number of carbonyl (C=O) groups is 1. The van der Waals surface area contributed by atoms with E-state index in [1.54, 1.807) is 18.2 Å². The minimum atomic E-state index is -0.572. The minimum Gasteiger partial charge on any atom is -0.507 e. The molecule has 0 aliphatic carbocycles. The molecule has 2 aromatic rings. The van der Waals surface area contributed by atoms with Gasteiger partial charge in [-0.15, -0.1) is 0 Å². The van der Waals surface area contributed by atoms with Crippen molar-refractivity contribution in [3.63, 3.8) is 0 Å². The lowest BCUT2D eigenvalue weighted by Crippen LogP contribution is -2.12. The molecular weight excluding hydrogens is 313 g/mol. The maximum atomic E-state index is 13.1. The highest BCUT2D eigenvalue weighted by Crippen LogP contribution is 2.20. The van der Waals surface area contributed by atoms with Crippen molar-refractivity contribution in [1.29, 1.82) is 0 Å². The Balaban J connectivity index is 2.23. The Bertz CT molecular complexity index is 616. The number of hydrogen-bond donors (Lipinski definition) is 2. The monoisotopic (exact) mass is 323 g/mol. The summed E-state index contributed by atoms with van der Waals surface area (Å²) >= 11 is 3.32. The number of alkyl halides is 1. The topological polar surface area (TPSA) is 49.3 Å². The lowest BCUT2D eigenvalue weighted by Gasteiger charge is -2.08. The molecule has 0 bridgehead atoms. The summed E-state index contributed by atoms with van der Waals surface area (Å²) in [7, 11) is 0. The number of carbonyl (C=O) groups excluding carboxylic acids is 1. The van der Waals surface area contributed by atoms with Crippen LogP contribution in [-0.4, -0.2) is 11.0 Å². The fourth-order valence-electron chi connectivity index (χ4n) is 1.62. The first-order valence-electron chi connectivity index (χ1n) is 5.55. The average Bonchev–Trinajstić information content (AvgIpc) is 2.41. The maximum absolute atomic E-state index is 13.1. The summed E-state index contributed by atoms with van der Waals surface area (Å²) in [6, 6.07) is 10.5. The van der Waals surface area contributed by atoms with Crippen LogP contribution in [0.1, 0.15) is 15.9 Å². The Morgan fingerprint density at radius 2 is 2.05 bits per heavy atom. The van der Waals surface area contributed by atoms with Gasteiger partial charge in [-0.2, -0.15) is 0 Å².